The van der Waals surface area contributed by atoms with E-state index in [0.717, 1.165) is 5.75 Å². The van der Waals surface area contributed by atoms with Crippen molar-refractivity contribution in [3.63, 3.8) is 0 Å². The van der Waals surface area contributed by atoms with Crippen molar-refractivity contribution in [1.82, 2.24) is 0 Å². The molecule has 0 aliphatic carbocycles. The lowest BCUT2D eigenvalue weighted by Crippen LogP contribution is -2.21. The lowest BCUT2D eigenvalue weighted by molar-refractivity contribution is -0.147. The number of para-hydroxylation sites is 1. The zero-order chi connectivity index (χ0) is 18.9. The predicted molar refractivity (Wildman–Crippen MR) is 99.6 cm³/mol. The van der Waals surface area contributed by atoms with Crippen molar-refractivity contribution in [1.29, 1.82) is 0 Å². The zero-order valence-electron chi connectivity index (χ0n) is 14.6. The van der Waals surface area contributed by atoms with Crippen LogP contribution in [-0.4, -0.2) is 18.5 Å². The molecule has 0 saturated heterocycles. The summed E-state index contributed by atoms with van der Waals surface area (Å²) >= 11 is 0. The van der Waals surface area contributed by atoms with Gasteiger partial charge in [0.2, 0.25) is 0 Å². The first-order valence-electron chi connectivity index (χ1n) is 8.50. The second kappa shape index (κ2) is 9.24. The number of benzene rings is 2. The lowest BCUT2D eigenvalue weighted by Gasteiger charge is -2.08. The molecule has 1 N–H and O–H groups in total. The number of aryl methyl sites for hydroxylation is 1. The van der Waals surface area contributed by atoms with Crippen LogP contribution in [0.5, 0.6) is 11.5 Å². The molecule has 0 bridgehead atoms. The fraction of sp³-hybridized carbons (Fsp3) is 0.143. The Kier molecular flexibility index (Phi) is 6.25. The Hall–Kier alpha value is -3.54. The number of nitrogens with one attached hydrogen (secondary N) is 1. The summed E-state index contributed by atoms with van der Waals surface area (Å²) in [4.78, 5) is 23.5. The first-order chi connectivity index (χ1) is 13.2. The van der Waals surface area contributed by atoms with Crippen LogP contribution < -0.4 is 10.1 Å². The van der Waals surface area contributed by atoms with Crippen LogP contribution >= 0.6 is 0 Å². The van der Waals surface area contributed by atoms with Crippen molar-refractivity contribution in [2.24, 2.45) is 0 Å². The number of carbonyl (C=O) groups excluding carboxylic acids is 2. The summed E-state index contributed by atoms with van der Waals surface area (Å²) in [5.41, 5.74) is 0.590. The highest BCUT2D eigenvalue weighted by molar-refractivity contribution is 5.92. The van der Waals surface area contributed by atoms with Crippen LogP contribution in [-0.2, 0) is 20.7 Å². The van der Waals surface area contributed by atoms with Gasteiger partial charge in [-0.3, -0.25) is 9.59 Å². The number of amides is 1. The van der Waals surface area contributed by atoms with Gasteiger partial charge in [0.25, 0.3) is 5.91 Å². The summed E-state index contributed by atoms with van der Waals surface area (Å²) in [5.74, 6) is 1.24. The Morgan fingerprint density at radius 2 is 1.63 bits per heavy atom. The minimum atomic E-state index is -0.451. The summed E-state index contributed by atoms with van der Waals surface area (Å²) in [5, 5.41) is 2.67. The first kappa shape index (κ1) is 18.3. The van der Waals surface area contributed by atoms with Gasteiger partial charge < -0.3 is 19.2 Å². The molecule has 27 heavy (non-hydrogen) atoms. The minimum Gasteiger partial charge on any atom is -0.469 e. The lowest BCUT2D eigenvalue weighted by atomic mass is 10.2. The third kappa shape index (κ3) is 6.04. The van der Waals surface area contributed by atoms with Crippen LogP contribution in [0.4, 0.5) is 5.69 Å². The maximum atomic E-state index is 11.9. The number of furan rings is 1. The second-order valence-electron chi connectivity index (χ2n) is 5.73. The van der Waals surface area contributed by atoms with Crippen LogP contribution in [0.15, 0.2) is 77.4 Å². The molecule has 6 heteroatoms. The van der Waals surface area contributed by atoms with Crippen LogP contribution in [0, 0.1) is 0 Å². The van der Waals surface area contributed by atoms with Crippen LogP contribution in [0.25, 0.3) is 0 Å². The quantitative estimate of drug-likeness (QED) is 0.606. The standard InChI is InChI=1S/C21H19NO5/c23-20(15-26-21(24)13-12-17-7-4-14-25-17)22-16-8-10-19(11-9-16)27-18-5-2-1-3-6-18/h1-11,14H,12-13,15H2,(H,22,23). The highest BCUT2D eigenvalue weighted by Crippen LogP contribution is 2.22. The van der Waals surface area contributed by atoms with Crippen LogP contribution in [0.1, 0.15) is 12.2 Å². The van der Waals surface area contributed by atoms with Gasteiger partial charge in [0.05, 0.1) is 12.7 Å². The number of ether oxygens (including phenoxy) is 2. The number of carbonyl (C=O) groups is 2. The van der Waals surface area contributed by atoms with Gasteiger partial charge in [0.15, 0.2) is 6.61 Å². The van der Waals surface area contributed by atoms with E-state index in [-0.39, 0.29) is 13.0 Å². The summed E-state index contributed by atoms with van der Waals surface area (Å²) < 4.78 is 15.8. The summed E-state index contributed by atoms with van der Waals surface area (Å²) in [6.07, 6.45) is 2.15. The van der Waals surface area contributed by atoms with E-state index in [2.05, 4.69) is 5.32 Å². The molecule has 0 spiro atoms. The van der Waals surface area contributed by atoms with Gasteiger partial charge >= 0.3 is 5.97 Å². The van der Waals surface area contributed by atoms with Crippen molar-refractivity contribution in [2.45, 2.75) is 12.8 Å². The van der Waals surface area contributed by atoms with Gasteiger partial charge in [-0.2, -0.15) is 0 Å². The maximum absolute atomic E-state index is 11.9. The molecule has 138 valence electrons. The van der Waals surface area contributed by atoms with Gasteiger partial charge in [-0.25, -0.2) is 0 Å². The average molecular weight is 365 g/mol. The van der Waals surface area contributed by atoms with Crippen LogP contribution in [0.2, 0.25) is 0 Å². The average Bonchev–Trinajstić information content (AvgIpc) is 3.21. The van der Waals surface area contributed by atoms with E-state index >= 15 is 0 Å². The minimum absolute atomic E-state index is 0.159. The molecule has 3 aromatic rings. The monoisotopic (exact) mass is 365 g/mol. The first-order valence-corrected chi connectivity index (χ1v) is 8.50. The number of anilines is 1. The molecule has 0 saturated carbocycles. The Morgan fingerprint density at radius 1 is 0.889 bits per heavy atom. The Morgan fingerprint density at radius 3 is 2.33 bits per heavy atom. The summed E-state index contributed by atoms with van der Waals surface area (Å²) in [7, 11) is 0. The van der Waals surface area contributed by atoms with E-state index in [1.807, 2.05) is 30.3 Å². The molecule has 1 heterocycles. The number of esters is 1. The summed E-state index contributed by atoms with van der Waals surface area (Å²) in [6, 6.07) is 19.9. The molecule has 0 unspecified atom stereocenters. The summed E-state index contributed by atoms with van der Waals surface area (Å²) in [6.45, 7) is -0.334. The molecule has 3 rings (SSSR count). The van der Waals surface area contributed by atoms with Crippen molar-refractivity contribution in [3.05, 3.63) is 78.8 Å². The third-order valence-corrected chi connectivity index (χ3v) is 3.64. The number of hydrogen-bond acceptors (Lipinski definition) is 5. The van der Waals surface area contributed by atoms with E-state index in [0.29, 0.717) is 23.6 Å². The van der Waals surface area contributed by atoms with Gasteiger partial charge in [-0.1, -0.05) is 18.2 Å². The van der Waals surface area contributed by atoms with E-state index < -0.39 is 11.9 Å². The SMILES string of the molecule is O=C(COC(=O)CCc1ccco1)Nc1ccc(Oc2ccccc2)cc1. The van der Waals surface area contributed by atoms with Gasteiger partial charge in [0.1, 0.15) is 17.3 Å². The Bertz CT molecular complexity index is 857. The maximum Gasteiger partial charge on any atom is 0.306 e. The van der Waals surface area contributed by atoms with E-state index in [1.165, 1.54) is 0 Å². The highest BCUT2D eigenvalue weighted by Gasteiger charge is 2.09. The van der Waals surface area contributed by atoms with E-state index in [9.17, 15) is 9.59 Å². The second-order valence-corrected chi connectivity index (χ2v) is 5.73. The van der Waals surface area contributed by atoms with Gasteiger partial charge in [-0.05, 0) is 48.5 Å². The van der Waals surface area contributed by atoms with Crippen molar-refractivity contribution < 1.29 is 23.5 Å². The van der Waals surface area contributed by atoms with Crippen molar-refractivity contribution in [2.75, 3.05) is 11.9 Å². The molecular formula is C21H19NO5. The Labute approximate surface area is 156 Å². The highest BCUT2D eigenvalue weighted by atomic mass is 16.5. The fourth-order valence-corrected chi connectivity index (χ4v) is 2.33. The topological polar surface area (TPSA) is 77.8 Å². The van der Waals surface area contributed by atoms with Crippen molar-refractivity contribution in [3.8, 4) is 11.5 Å². The molecule has 0 atom stereocenters. The fourth-order valence-electron chi connectivity index (χ4n) is 2.33. The molecule has 0 aliphatic heterocycles. The normalized spacial score (nSPS) is 10.2. The third-order valence-electron chi connectivity index (χ3n) is 3.64. The largest absolute Gasteiger partial charge is 0.469 e. The molecule has 6 nitrogen and oxygen atoms in total. The smallest absolute Gasteiger partial charge is 0.306 e. The van der Waals surface area contributed by atoms with Gasteiger partial charge in [-0.15, -0.1) is 0 Å². The zero-order valence-corrected chi connectivity index (χ0v) is 14.6. The molecule has 0 radical (unpaired) electrons. The Balaban J connectivity index is 1.40. The van der Waals surface area contributed by atoms with Crippen LogP contribution in [0.3, 0.4) is 0 Å². The van der Waals surface area contributed by atoms with Crippen molar-refractivity contribution >= 4 is 17.6 Å². The predicted octanol–water partition coefficient (Wildman–Crippen LogP) is 4.19. The van der Waals surface area contributed by atoms with Gasteiger partial charge in [0, 0.05) is 12.1 Å². The molecule has 2 aromatic carbocycles. The van der Waals surface area contributed by atoms with E-state index in [1.54, 1.807) is 42.7 Å². The molecule has 0 fully saturated rings. The molecule has 1 amide bonds. The molecule has 0 aliphatic rings. The number of hydrogen-bond donors (Lipinski definition) is 1. The van der Waals surface area contributed by atoms with E-state index in [4.69, 9.17) is 13.9 Å². The molecular weight excluding hydrogens is 346 g/mol. The molecule has 1 aromatic heterocycles. The number of rotatable bonds is 8.